The van der Waals surface area contributed by atoms with Gasteiger partial charge in [0.05, 0.1) is 52.8 Å². The third-order valence-corrected chi connectivity index (χ3v) is 6.27. The molecule has 0 aromatic carbocycles. The SMILES string of the molecule is COC(=O)/C=C(\C(=O)OC)N1[C@@H](CC(C)C)[C@H]2C(=O)N(C)C(=O)[C@H]2[C@@]1(CC(=O)OC)C(=O)OC. The Morgan fingerprint density at radius 3 is 2.06 bits per heavy atom. The van der Waals surface area contributed by atoms with Crippen LogP contribution < -0.4 is 0 Å². The van der Waals surface area contributed by atoms with Gasteiger partial charge in [0.25, 0.3) is 0 Å². The predicted octanol–water partition coefficient (Wildman–Crippen LogP) is -0.347. The molecule has 2 aliphatic rings. The number of fused-ring (bicyclic) bond motifs is 1. The summed E-state index contributed by atoms with van der Waals surface area (Å²) in [4.78, 5) is 79.7. The Balaban J connectivity index is 2.99. The van der Waals surface area contributed by atoms with Crippen molar-refractivity contribution >= 4 is 35.7 Å². The summed E-state index contributed by atoms with van der Waals surface area (Å²) in [5.41, 5.74) is -2.62. The van der Waals surface area contributed by atoms with Crippen molar-refractivity contribution in [2.24, 2.45) is 17.8 Å². The van der Waals surface area contributed by atoms with Gasteiger partial charge in [-0.15, -0.1) is 0 Å². The number of carbonyl (C=O) groups excluding carboxylic acids is 6. The quantitative estimate of drug-likeness (QED) is 0.194. The van der Waals surface area contributed by atoms with Gasteiger partial charge in [-0.3, -0.25) is 19.3 Å². The van der Waals surface area contributed by atoms with Crippen LogP contribution in [0, 0.1) is 17.8 Å². The van der Waals surface area contributed by atoms with Crippen LogP contribution in [0.15, 0.2) is 11.8 Å². The molecule has 2 amide bonds. The molecule has 0 radical (unpaired) electrons. The van der Waals surface area contributed by atoms with E-state index in [1.807, 2.05) is 13.8 Å². The number of carbonyl (C=O) groups is 6. The highest BCUT2D eigenvalue weighted by molar-refractivity contribution is 6.11. The molecule has 34 heavy (non-hydrogen) atoms. The minimum atomic E-state index is -2.17. The van der Waals surface area contributed by atoms with Gasteiger partial charge in [0.1, 0.15) is 5.70 Å². The molecule has 188 valence electrons. The number of imide groups is 1. The number of hydrogen-bond donors (Lipinski definition) is 0. The van der Waals surface area contributed by atoms with Crippen LogP contribution in [0.3, 0.4) is 0 Å². The fraction of sp³-hybridized carbons (Fsp3) is 0.636. The van der Waals surface area contributed by atoms with Crippen LogP contribution >= 0.6 is 0 Å². The molecule has 0 N–H and O–H groups in total. The number of amides is 2. The Kier molecular flexibility index (Phi) is 8.06. The van der Waals surface area contributed by atoms with E-state index in [0.717, 1.165) is 44.3 Å². The van der Waals surface area contributed by atoms with Gasteiger partial charge in [0, 0.05) is 13.1 Å². The van der Waals surface area contributed by atoms with Crippen molar-refractivity contribution in [1.29, 1.82) is 0 Å². The molecule has 0 unspecified atom stereocenters. The van der Waals surface area contributed by atoms with E-state index in [-0.39, 0.29) is 12.3 Å². The Bertz CT molecular complexity index is 927. The molecule has 12 nitrogen and oxygen atoms in total. The molecular weight excluding hydrogens is 452 g/mol. The van der Waals surface area contributed by atoms with Crippen LogP contribution in [0.4, 0.5) is 0 Å². The number of esters is 4. The lowest BCUT2D eigenvalue weighted by Crippen LogP contribution is -2.60. The lowest BCUT2D eigenvalue weighted by Gasteiger charge is -2.42. The molecule has 0 saturated carbocycles. The van der Waals surface area contributed by atoms with E-state index < -0.39 is 71.2 Å². The topological polar surface area (TPSA) is 146 Å². The van der Waals surface area contributed by atoms with Gasteiger partial charge >= 0.3 is 23.9 Å². The van der Waals surface area contributed by atoms with Crippen LogP contribution in [-0.4, -0.2) is 92.6 Å². The normalized spacial score (nSPS) is 26.5. The highest BCUT2D eigenvalue weighted by Crippen LogP contribution is 2.54. The van der Waals surface area contributed by atoms with Crippen LogP contribution in [0.2, 0.25) is 0 Å². The maximum atomic E-state index is 13.5. The van der Waals surface area contributed by atoms with Gasteiger partial charge in [-0.2, -0.15) is 0 Å². The monoisotopic (exact) mass is 482 g/mol. The molecule has 4 atom stereocenters. The van der Waals surface area contributed by atoms with Gasteiger partial charge in [-0.05, 0) is 12.3 Å². The molecule has 12 heteroatoms. The zero-order valence-corrected chi connectivity index (χ0v) is 20.3. The highest BCUT2D eigenvalue weighted by atomic mass is 16.5. The van der Waals surface area contributed by atoms with Gasteiger partial charge in [0.15, 0.2) is 5.54 Å². The summed E-state index contributed by atoms with van der Waals surface area (Å²) in [5, 5.41) is 0. The molecule has 2 aliphatic heterocycles. The Hall–Kier alpha value is -3.44. The number of hydrogen-bond acceptors (Lipinski definition) is 11. The first-order valence-corrected chi connectivity index (χ1v) is 10.6. The second-order valence-electron chi connectivity index (χ2n) is 8.52. The van der Waals surface area contributed by atoms with Crippen molar-refractivity contribution in [3.8, 4) is 0 Å². The zero-order valence-electron chi connectivity index (χ0n) is 20.3. The second-order valence-corrected chi connectivity index (χ2v) is 8.52. The van der Waals surface area contributed by atoms with Crippen LogP contribution in [-0.2, 0) is 47.7 Å². The molecular formula is C22H30N2O10. The summed E-state index contributed by atoms with van der Waals surface area (Å²) in [6.07, 6.45) is 0.297. The molecule has 0 aromatic heterocycles. The van der Waals surface area contributed by atoms with Crippen LogP contribution in [0.1, 0.15) is 26.7 Å². The summed E-state index contributed by atoms with van der Waals surface area (Å²) in [7, 11) is 5.57. The molecule has 0 aromatic rings. The van der Waals surface area contributed by atoms with Gasteiger partial charge in [-0.25, -0.2) is 14.4 Å². The minimum Gasteiger partial charge on any atom is -0.469 e. The largest absolute Gasteiger partial charge is 0.469 e. The summed E-state index contributed by atoms with van der Waals surface area (Å²) >= 11 is 0. The Morgan fingerprint density at radius 2 is 1.59 bits per heavy atom. The number of nitrogens with zero attached hydrogens (tertiary/aromatic N) is 2. The fourth-order valence-corrected chi connectivity index (χ4v) is 4.92. The number of likely N-dealkylation sites (tertiary alicyclic amines) is 2. The Labute approximate surface area is 197 Å². The van der Waals surface area contributed by atoms with Crippen molar-refractivity contribution in [2.75, 3.05) is 35.5 Å². The van der Waals surface area contributed by atoms with E-state index in [2.05, 4.69) is 4.74 Å². The highest BCUT2D eigenvalue weighted by Gasteiger charge is 2.73. The average Bonchev–Trinajstić information content (AvgIpc) is 3.21. The third kappa shape index (κ3) is 4.24. The fourth-order valence-electron chi connectivity index (χ4n) is 4.92. The summed E-state index contributed by atoms with van der Waals surface area (Å²) < 4.78 is 19.3. The lowest BCUT2D eigenvalue weighted by molar-refractivity contribution is -0.166. The first-order chi connectivity index (χ1) is 15.9. The van der Waals surface area contributed by atoms with Crippen molar-refractivity contribution in [3.05, 3.63) is 11.8 Å². The van der Waals surface area contributed by atoms with E-state index in [0.29, 0.717) is 0 Å². The van der Waals surface area contributed by atoms with E-state index >= 15 is 0 Å². The van der Waals surface area contributed by atoms with Crippen LogP contribution in [0.5, 0.6) is 0 Å². The molecule has 2 heterocycles. The number of ether oxygens (including phenoxy) is 4. The van der Waals surface area contributed by atoms with Crippen molar-refractivity contribution in [1.82, 2.24) is 9.80 Å². The van der Waals surface area contributed by atoms with Crippen molar-refractivity contribution < 1.29 is 47.7 Å². The molecule has 0 aliphatic carbocycles. The predicted molar refractivity (Wildman–Crippen MR) is 113 cm³/mol. The third-order valence-electron chi connectivity index (χ3n) is 6.27. The van der Waals surface area contributed by atoms with E-state index in [4.69, 9.17) is 14.2 Å². The van der Waals surface area contributed by atoms with E-state index in [1.54, 1.807) is 0 Å². The van der Waals surface area contributed by atoms with Crippen LogP contribution in [0.25, 0.3) is 0 Å². The summed E-state index contributed by atoms with van der Waals surface area (Å²) in [6.45, 7) is 3.69. The molecule has 2 rings (SSSR count). The van der Waals surface area contributed by atoms with Crippen molar-refractivity contribution in [2.45, 2.75) is 38.3 Å². The van der Waals surface area contributed by atoms with Gasteiger partial charge in [-0.1, -0.05) is 13.8 Å². The zero-order chi connectivity index (χ0) is 26.0. The number of methoxy groups -OCH3 is 4. The first kappa shape index (κ1) is 26.8. The number of rotatable bonds is 8. The molecule has 2 fully saturated rings. The molecule has 0 spiro atoms. The average molecular weight is 482 g/mol. The molecule has 2 saturated heterocycles. The van der Waals surface area contributed by atoms with E-state index in [1.165, 1.54) is 7.05 Å². The second kappa shape index (κ2) is 10.2. The van der Waals surface area contributed by atoms with Gasteiger partial charge in [0.2, 0.25) is 11.8 Å². The maximum Gasteiger partial charge on any atom is 0.354 e. The Morgan fingerprint density at radius 1 is 0.971 bits per heavy atom. The first-order valence-electron chi connectivity index (χ1n) is 10.6. The standard InChI is InChI=1S/C22H30N2O10/c1-11(2)8-12-16-17(19(28)23(3)18(16)27)22(21(30)34-7,10-15(26)32-5)24(12)13(20(29)33-6)9-14(25)31-4/h9,11-12,16-17H,8,10H2,1-7H3/b13-9+/t12-,16+,17-,22-/m0/s1. The summed E-state index contributed by atoms with van der Waals surface area (Å²) in [6, 6.07) is -0.940. The minimum absolute atomic E-state index is 0.0782. The maximum absolute atomic E-state index is 13.5. The lowest BCUT2D eigenvalue weighted by atomic mass is 9.77. The van der Waals surface area contributed by atoms with Crippen molar-refractivity contribution in [3.63, 3.8) is 0 Å². The van der Waals surface area contributed by atoms with Gasteiger partial charge < -0.3 is 23.8 Å². The summed E-state index contributed by atoms with van der Waals surface area (Å²) in [5.74, 6) is -7.79. The smallest absolute Gasteiger partial charge is 0.354 e. The van der Waals surface area contributed by atoms with E-state index in [9.17, 15) is 28.8 Å². The molecule has 0 bridgehead atoms.